The number of nitrogens with zero attached hydrogens (tertiary/aromatic N) is 2. The van der Waals surface area contributed by atoms with Crippen LogP contribution in [0, 0.1) is 0 Å². The Bertz CT molecular complexity index is 381. The van der Waals surface area contributed by atoms with Gasteiger partial charge in [0.05, 0.1) is 7.11 Å². The Morgan fingerprint density at radius 3 is 2.81 bits per heavy atom. The smallest absolute Gasteiger partial charge is 0.405 e. The quantitative estimate of drug-likeness (QED) is 0.798. The molecular weight excluding hydrogens is 227 g/mol. The third kappa shape index (κ3) is 3.71. The van der Waals surface area contributed by atoms with Gasteiger partial charge < -0.3 is 10.1 Å². The van der Waals surface area contributed by atoms with E-state index in [1.54, 1.807) is 0 Å². The average molecular weight is 235 g/mol. The van der Waals surface area contributed by atoms with Crippen LogP contribution in [0.3, 0.4) is 0 Å². The molecule has 1 rings (SSSR count). The molecule has 0 aromatic carbocycles. The zero-order valence-electron chi connectivity index (χ0n) is 8.21. The molecule has 0 saturated heterocycles. The summed E-state index contributed by atoms with van der Waals surface area (Å²) >= 11 is 0. The van der Waals surface area contributed by atoms with E-state index in [1.807, 2.05) is 5.32 Å². The van der Waals surface area contributed by atoms with Gasteiger partial charge in [0, 0.05) is 6.20 Å². The summed E-state index contributed by atoms with van der Waals surface area (Å²) in [4.78, 5) is 18.1. The fourth-order valence-corrected chi connectivity index (χ4v) is 0.838. The van der Waals surface area contributed by atoms with Gasteiger partial charge >= 0.3 is 12.1 Å². The minimum Gasteiger partial charge on any atom is -0.463 e. The number of rotatable bonds is 3. The molecule has 16 heavy (non-hydrogen) atoms. The molecule has 0 aliphatic heterocycles. The molecule has 0 aliphatic rings. The lowest BCUT2D eigenvalue weighted by Crippen LogP contribution is -2.22. The molecule has 0 unspecified atom stereocenters. The number of nitrogens with one attached hydrogen (secondary N) is 1. The number of aromatic nitrogens is 2. The zero-order valence-corrected chi connectivity index (χ0v) is 8.21. The second-order valence-electron chi connectivity index (χ2n) is 2.73. The minimum absolute atomic E-state index is 0.0901. The maximum Gasteiger partial charge on any atom is 0.405 e. The topological polar surface area (TPSA) is 64.1 Å². The molecule has 0 radical (unpaired) electrons. The van der Waals surface area contributed by atoms with Gasteiger partial charge in [0.25, 0.3) is 0 Å². The highest BCUT2D eigenvalue weighted by molar-refractivity contribution is 5.85. The summed E-state index contributed by atoms with van der Waals surface area (Å²) in [7, 11) is 1.13. The van der Waals surface area contributed by atoms with E-state index in [0.29, 0.717) is 0 Å². The largest absolute Gasteiger partial charge is 0.463 e. The van der Waals surface area contributed by atoms with E-state index in [-0.39, 0.29) is 11.6 Å². The summed E-state index contributed by atoms with van der Waals surface area (Å²) in [6, 6.07) is 1.22. The summed E-state index contributed by atoms with van der Waals surface area (Å²) in [6.07, 6.45) is -3.19. The maximum absolute atomic E-state index is 11.9. The van der Waals surface area contributed by atoms with Crippen LogP contribution in [0.25, 0.3) is 0 Å². The third-order valence-corrected chi connectivity index (χ3v) is 1.49. The van der Waals surface area contributed by atoms with Crippen molar-refractivity contribution in [3.63, 3.8) is 0 Å². The van der Waals surface area contributed by atoms with Crippen molar-refractivity contribution in [2.75, 3.05) is 19.0 Å². The van der Waals surface area contributed by atoms with Crippen LogP contribution in [0.4, 0.5) is 19.0 Å². The Kier molecular flexibility index (Phi) is 3.64. The molecule has 0 atom stereocenters. The standard InChI is InChI=1S/C8H8F3N3O2/c1-16-7(15)6-12-3-2-5(14-6)13-4-8(9,10)11/h2-3H,4H2,1H3,(H,12,13,14). The van der Waals surface area contributed by atoms with E-state index in [2.05, 4.69) is 14.7 Å². The van der Waals surface area contributed by atoms with Gasteiger partial charge in [-0.3, -0.25) is 0 Å². The minimum atomic E-state index is -4.35. The van der Waals surface area contributed by atoms with Crippen LogP contribution < -0.4 is 5.32 Å². The zero-order chi connectivity index (χ0) is 12.2. The highest BCUT2D eigenvalue weighted by atomic mass is 19.4. The monoisotopic (exact) mass is 235 g/mol. The lowest BCUT2D eigenvalue weighted by molar-refractivity contribution is -0.115. The SMILES string of the molecule is COC(=O)c1nccc(NCC(F)(F)F)n1. The van der Waals surface area contributed by atoms with Crippen molar-refractivity contribution in [1.82, 2.24) is 9.97 Å². The number of halogens is 3. The molecule has 1 aromatic heterocycles. The number of carbonyl (C=O) groups is 1. The highest BCUT2D eigenvalue weighted by Gasteiger charge is 2.26. The van der Waals surface area contributed by atoms with Crippen molar-refractivity contribution in [1.29, 1.82) is 0 Å². The molecule has 8 heteroatoms. The Hall–Kier alpha value is -1.86. The molecule has 0 fully saturated rings. The van der Waals surface area contributed by atoms with Gasteiger partial charge in [0.1, 0.15) is 12.4 Å². The molecule has 5 nitrogen and oxygen atoms in total. The predicted octanol–water partition coefficient (Wildman–Crippen LogP) is 1.24. The number of esters is 1. The first-order valence-corrected chi connectivity index (χ1v) is 4.14. The molecule has 1 aromatic rings. The summed E-state index contributed by atoms with van der Waals surface area (Å²) in [5, 5.41) is 2.02. The molecule has 0 bridgehead atoms. The second-order valence-corrected chi connectivity index (χ2v) is 2.73. The third-order valence-electron chi connectivity index (χ3n) is 1.49. The van der Waals surface area contributed by atoms with Gasteiger partial charge in [-0.25, -0.2) is 14.8 Å². The van der Waals surface area contributed by atoms with E-state index < -0.39 is 18.7 Å². The first-order chi connectivity index (χ1) is 7.42. The Morgan fingerprint density at radius 1 is 1.56 bits per heavy atom. The molecule has 1 heterocycles. The van der Waals surface area contributed by atoms with Crippen LogP contribution in [0.5, 0.6) is 0 Å². The lowest BCUT2D eigenvalue weighted by atomic mass is 10.5. The predicted molar refractivity (Wildman–Crippen MR) is 47.9 cm³/mol. The molecule has 0 spiro atoms. The fourth-order valence-electron chi connectivity index (χ4n) is 0.838. The van der Waals surface area contributed by atoms with Crippen LogP contribution in [-0.4, -0.2) is 35.8 Å². The van der Waals surface area contributed by atoms with Gasteiger partial charge in [-0.15, -0.1) is 0 Å². The molecule has 1 N–H and O–H groups in total. The Morgan fingerprint density at radius 2 is 2.25 bits per heavy atom. The van der Waals surface area contributed by atoms with Crippen LogP contribution in [-0.2, 0) is 4.74 Å². The molecule has 0 saturated carbocycles. The summed E-state index contributed by atoms with van der Waals surface area (Å²) in [5.74, 6) is -1.20. The molecule has 0 aliphatic carbocycles. The first-order valence-electron chi connectivity index (χ1n) is 4.14. The van der Waals surface area contributed by atoms with Gasteiger partial charge in [0.15, 0.2) is 0 Å². The van der Waals surface area contributed by atoms with E-state index >= 15 is 0 Å². The van der Waals surface area contributed by atoms with Crippen molar-refractivity contribution >= 4 is 11.8 Å². The molecule has 0 amide bonds. The van der Waals surface area contributed by atoms with Crippen LogP contribution in [0.15, 0.2) is 12.3 Å². The molecule has 88 valence electrons. The first kappa shape index (κ1) is 12.2. The van der Waals surface area contributed by atoms with Gasteiger partial charge in [-0.05, 0) is 6.07 Å². The van der Waals surface area contributed by atoms with Crippen LogP contribution in [0.1, 0.15) is 10.6 Å². The van der Waals surface area contributed by atoms with Gasteiger partial charge in [0.2, 0.25) is 5.82 Å². The summed E-state index contributed by atoms with van der Waals surface area (Å²) in [6.45, 7) is -1.23. The van der Waals surface area contributed by atoms with E-state index in [9.17, 15) is 18.0 Å². The number of methoxy groups -OCH3 is 1. The highest BCUT2D eigenvalue weighted by Crippen LogP contribution is 2.15. The Labute approximate surface area is 88.7 Å². The van der Waals surface area contributed by atoms with Crippen molar-refractivity contribution in [2.45, 2.75) is 6.18 Å². The van der Waals surface area contributed by atoms with Gasteiger partial charge in [-0.2, -0.15) is 13.2 Å². The van der Waals surface area contributed by atoms with Crippen molar-refractivity contribution < 1.29 is 22.7 Å². The molecular formula is C8H8F3N3O2. The van der Waals surface area contributed by atoms with E-state index in [4.69, 9.17) is 0 Å². The van der Waals surface area contributed by atoms with E-state index in [1.165, 1.54) is 6.07 Å². The number of alkyl halides is 3. The van der Waals surface area contributed by atoms with Crippen LogP contribution in [0.2, 0.25) is 0 Å². The fraction of sp³-hybridized carbons (Fsp3) is 0.375. The number of hydrogen-bond donors (Lipinski definition) is 1. The van der Waals surface area contributed by atoms with Crippen molar-refractivity contribution in [2.24, 2.45) is 0 Å². The summed E-state index contributed by atoms with van der Waals surface area (Å²) < 4.78 is 39.9. The summed E-state index contributed by atoms with van der Waals surface area (Å²) in [5.41, 5.74) is 0. The number of ether oxygens (including phenoxy) is 1. The van der Waals surface area contributed by atoms with Crippen LogP contribution >= 0.6 is 0 Å². The number of anilines is 1. The average Bonchev–Trinajstić information content (AvgIpc) is 2.25. The van der Waals surface area contributed by atoms with Crippen molar-refractivity contribution in [3.8, 4) is 0 Å². The number of carbonyl (C=O) groups excluding carboxylic acids is 1. The number of hydrogen-bond acceptors (Lipinski definition) is 5. The lowest BCUT2D eigenvalue weighted by Gasteiger charge is -2.08. The van der Waals surface area contributed by atoms with Crippen molar-refractivity contribution in [3.05, 3.63) is 18.1 Å². The van der Waals surface area contributed by atoms with E-state index in [0.717, 1.165) is 13.3 Å². The Balaban J connectivity index is 2.71. The maximum atomic E-state index is 11.9. The second kappa shape index (κ2) is 4.77. The normalized spacial score (nSPS) is 11.0. The van der Waals surface area contributed by atoms with Gasteiger partial charge in [-0.1, -0.05) is 0 Å².